The van der Waals surface area contributed by atoms with E-state index in [-0.39, 0.29) is 17.6 Å². The van der Waals surface area contributed by atoms with Crippen molar-refractivity contribution in [3.8, 4) is 11.5 Å². The fourth-order valence-corrected chi connectivity index (χ4v) is 3.72. The summed E-state index contributed by atoms with van der Waals surface area (Å²) in [6.07, 6.45) is 3.18. The number of halogens is 2. The van der Waals surface area contributed by atoms with Crippen LogP contribution in [0.4, 0.5) is 0 Å². The molecule has 0 spiro atoms. The predicted molar refractivity (Wildman–Crippen MR) is 134 cm³/mol. The highest BCUT2D eigenvalue weighted by Crippen LogP contribution is 2.35. The van der Waals surface area contributed by atoms with Crippen LogP contribution in [0.2, 0.25) is 5.02 Å². The highest BCUT2D eigenvalue weighted by atomic mass is 79.9. The maximum Gasteiger partial charge on any atom is 0.282 e. The fourth-order valence-electron chi connectivity index (χ4n) is 3.15. The number of hydrogen-bond donors (Lipinski definition) is 0. The first-order chi connectivity index (χ1) is 15.3. The molecule has 0 aliphatic carbocycles. The molecule has 0 bridgehead atoms. The van der Waals surface area contributed by atoms with E-state index in [9.17, 15) is 4.79 Å². The summed E-state index contributed by atoms with van der Waals surface area (Å²) in [6.45, 7) is 8.10. The highest BCUT2D eigenvalue weighted by Gasteiger charge is 2.17. The zero-order valence-electron chi connectivity index (χ0n) is 18.9. The number of ether oxygens (including phenoxy) is 2. The number of methoxy groups -OCH3 is 1. The molecule has 0 aliphatic rings. The van der Waals surface area contributed by atoms with E-state index in [0.29, 0.717) is 38.8 Å². The molecule has 1 aromatic heterocycles. The fraction of sp³-hybridized carbons (Fsp3) is 0.375. The van der Waals surface area contributed by atoms with Gasteiger partial charge in [0, 0.05) is 27.0 Å². The van der Waals surface area contributed by atoms with Crippen molar-refractivity contribution in [3.05, 3.63) is 61.6 Å². The Kier molecular flexibility index (Phi) is 7.96. The van der Waals surface area contributed by atoms with E-state index in [1.54, 1.807) is 31.5 Å². The molecule has 0 amide bonds. The summed E-state index contributed by atoms with van der Waals surface area (Å²) < 4.78 is 13.7. The van der Waals surface area contributed by atoms with Gasteiger partial charge in [-0.25, -0.2) is 4.98 Å². The van der Waals surface area contributed by atoms with Crippen molar-refractivity contribution < 1.29 is 9.47 Å². The Labute approximate surface area is 201 Å². The lowest BCUT2D eigenvalue weighted by Crippen LogP contribution is -2.23. The van der Waals surface area contributed by atoms with Gasteiger partial charge in [-0.3, -0.25) is 4.79 Å². The molecule has 0 unspecified atom stereocenters. The molecule has 1 heterocycles. The molecule has 0 fully saturated rings. The second kappa shape index (κ2) is 10.5. The predicted octanol–water partition coefficient (Wildman–Crippen LogP) is 6.39. The van der Waals surface area contributed by atoms with Gasteiger partial charge in [-0.05, 0) is 44.0 Å². The van der Waals surface area contributed by atoms with E-state index < -0.39 is 0 Å². The summed E-state index contributed by atoms with van der Waals surface area (Å²) in [6, 6.07) is 8.91. The minimum atomic E-state index is -0.235. The standard InChI is InChI=1S/C24H27BrClN3O3/c1-6-14(3)23-28-20-9-8-17(25)11-19(20)24(30)29(23)27-13-16-10-18(26)12-21(31-5)22(16)32-15(4)7-2/h8-15H,6-7H2,1-5H3/t14-,15-/m1/s1. The number of nitrogens with zero attached hydrogens (tertiary/aromatic N) is 3. The second-order valence-corrected chi connectivity index (χ2v) is 9.02. The first-order valence-corrected chi connectivity index (χ1v) is 11.8. The topological polar surface area (TPSA) is 65.7 Å². The Morgan fingerprint density at radius 1 is 1.22 bits per heavy atom. The van der Waals surface area contributed by atoms with Crippen LogP contribution < -0.4 is 15.0 Å². The van der Waals surface area contributed by atoms with Gasteiger partial charge < -0.3 is 9.47 Å². The molecule has 8 heteroatoms. The molecule has 0 saturated carbocycles. The third-order valence-electron chi connectivity index (χ3n) is 5.36. The van der Waals surface area contributed by atoms with E-state index in [1.807, 2.05) is 32.9 Å². The molecule has 2 aromatic carbocycles. The van der Waals surface area contributed by atoms with Crippen LogP contribution in [-0.2, 0) is 0 Å². The molecule has 6 nitrogen and oxygen atoms in total. The summed E-state index contributed by atoms with van der Waals surface area (Å²) >= 11 is 9.73. The Balaban J connectivity index is 2.21. The zero-order chi connectivity index (χ0) is 23.4. The largest absolute Gasteiger partial charge is 0.493 e. The quantitative estimate of drug-likeness (QED) is 0.323. The van der Waals surface area contributed by atoms with E-state index in [2.05, 4.69) is 28.0 Å². The number of benzene rings is 2. The maximum absolute atomic E-state index is 13.3. The van der Waals surface area contributed by atoms with Crippen LogP contribution in [0, 0.1) is 0 Å². The molecular formula is C24H27BrClN3O3. The normalized spacial score (nSPS) is 13.5. The molecule has 0 aliphatic heterocycles. The van der Waals surface area contributed by atoms with Crippen LogP contribution in [-0.4, -0.2) is 29.1 Å². The van der Waals surface area contributed by atoms with Gasteiger partial charge >= 0.3 is 0 Å². The van der Waals surface area contributed by atoms with Crippen molar-refractivity contribution in [1.82, 2.24) is 9.66 Å². The molecule has 0 saturated heterocycles. The van der Waals surface area contributed by atoms with Gasteiger partial charge in [-0.1, -0.05) is 48.3 Å². The Hall–Kier alpha value is -2.38. The van der Waals surface area contributed by atoms with Gasteiger partial charge in [-0.15, -0.1) is 0 Å². The molecule has 32 heavy (non-hydrogen) atoms. The minimum Gasteiger partial charge on any atom is -0.493 e. The van der Waals surface area contributed by atoms with Crippen molar-refractivity contribution in [2.45, 2.75) is 52.6 Å². The Morgan fingerprint density at radius 2 is 1.97 bits per heavy atom. The van der Waals surface area contributed by atoms with Crippen LogP contribution in [0.5, 0.6) is 11.5 Å². The van der Waals surface area contributed by atoms with Gasteiger partial charge in [-0.2, -0.15) is 9.78 Å². The highest BCUT2D eigenvalue weighted by molar-refractivity contribution is 9.10. The maximum atomic E-state index is 13.3. The third kappa shape index (κ3) is 5.15. The Bertz CT molecular complexity index is 1210. The molecule has 0 radical (unpaired) electrons. The van der Waals surface area contributed by atoms with Crippen LogP contribution in [0.25, 0.3) is 10.9 Å². The van der Waals surface area contributed by atoms with Crippen LogP contribution in [0.3, 0.4) is 0 Å². The number of fused-ring (bicyclic) bond motifs is 1. The summed E-state index contributed by atoms with van der Waals surface area (Å²) in [4.78, 5) is 18.1. The van der Waals surface area contributed by atoms with Crippen molar-refractivity contribution in [2.75, 3.05) is 7.11 Å². The van der Waals surface area contributed by atoms with Gasteiger partial charge in [0.05, 0.1) is 30.3 Å². The molecule has 2 atom stereocenters. The summed E-state index contributed by atoms with van der Waals surface area (Å²) in [5.74, 6) is 1.68. The van der Waals surface area contributed by atoms with E-state index >= 15 is 0 Å². The van der Waals surface area contributed by atoms with Crippen LogP contribution >= 0.6 is 27.5 Å². The average molecular weight is 521 g/mol. The third-order valence-corrected chi connectivity index (χ3v) is 6.07. The molecular weight excluding hydrogens is 494 g/mol. The van der Waals surface area contributed by atoms with Gasteiger partial charge in [0.1, 0.15) is 5.82 Å². The van der Waals surface area contributed by atoms with Crippen molar-refractivity contribution >= 4 is 44.6 Å². The van der Waals surface area contributed by atoms with E-state index in [1.165, 1.54) is 4.68 Å². The summed E-state index contributed by atoms with van der Waals surface area (Å²) in [5.41, 5.74) is 1.03. The first kappa shape index (κ1) is 24.3. The van der Waals surface area contributed by atoms with E-state index in [0.717, 1.165) is 17.3 Å². The lowest BCUT2D eigenvalue weighted by molar-refractivity contribution is 0.207. The minimum absolute atomic E-state index is 0.0321. The molecule has 3 rings (SSSR count). The lowest BCUT2D eigenvalue weighted by atomic mass is 10.1. The van der Waals surface area contributed by atoms with Crippen LogP contribution in [0.1, 0.15) is 57.8 Å². The summed E-state index contributed by atoms with van der Waals surface area (Å²) in [5, 5.41) is 5.51. The Morgan fingerprint density at radius 3 is 2.62 bits per heavy atom. The van der Waals surface area contributed by atoms with Crippen molar-refractivity contribution in [3.63, 3.8) is 0 Å². The average Bonchev–Trinajstić information content (AvgIpc) is 2.79. The second-order valence-electron chi connectivity index (χ2n) is 7.67. The number of rotatable bonds is 8. The molecule has 170 valence electrons. The monoisotopic (exact) mass is 519 g/mol. The first-order valence-electron chi connectivity index (χ1n) is 10.6. The van der Waals surface area contributed by atoms with Crippen molar-refractivity contribution in [2.24, 2.45) is 5.10 Å². The number of aromatic nitrogens is 2. The van der Waals surface area contributed by atoms with Gasteiger partial charge in [0.2, 0.25) is 0 Å². The van der Waals surface area contributed by atoms with E-state index in [4.69, 9.17) is 26.1 Å². The smallest absolute Gasteiger partial charge is 0.282 e. The number of hydrogen-bond acceptors (Lipinski definition) is 5. The lowest BCUT2D eigenvalue weighted by Gasteiger charge is -2.18. The zero-order valence-corrected chi connectivity index (χ0v) is 21.2. The van der Waals surface area contributed by atoms with Crippen molar-refractivity contribution in [1.29, 1.82) is 0 Å². The molecule has 0 N–H and O–H groups in total. The molecule has 3 aromatic rings. The SMILES string of the molecule is CC[C@@H](C)Oc1c(C=Nn2c([C@H](C)CC)nc3ccc(Br)cc3c2=O)cc(Cl)cc1OC. The van der Waals surface area contributed by atoms with Crippen LogP contribution in [0.15, 0.2) is 44.7 Å². The summed E-state index contributed by atoms with van der Waals surface area (Å²) in [7, 11) is 1.56. The van der Waals surface area contributed by atoms with Gasteiger partial charge in [0.15, 0.2) is 11.5 Å². The van der Waals surface area contributed by atoms with Gasteiger partial charge in [0.25, 0.3) is 5.56 Å².